The lowest BCUT2D eigenvalue weighted by atomic mass is 10.2. The van der Waals surface area contributed by atoms with Gasteiger partial charge in [-0.15, -0.1) is 0 Å². The van der Waals surface area contributed by atoms with Crippen molar-refractivity contribution in [2.45, 2.75) is 39.7 Å². The minimum atomic E-state index is -0.277. The minimum absolute atomic E-state index is 0.131. The first-order valence-electron chi connectivity index (χ1n) is 7.16. The fraction of sp³-hybridized carbons (Fsp3) is 0.857. The molecule has 0 aromatic rings. The zero-order valence-corrected chi connectivity index (χ0v) is 12.4. The van der Waals surface area contributed by atoms with Gasteiger partial charge >= 0.3 is 5.97 Å². The first-order chi connectivity index (χ1) is 9.02. The Bertz CT molecular complexity index is 297. The van der Waals surface area contributed by atoms with Crippen LogP contribution in [0.5, 0.6) is 0 Å². The number of esters is 1. The average Bonchev–Trinajstić information content (AvgIpc) is 2.37. The molecule has 0 spiro atoms. The molecule has 0 N–H and O–H groups in total. The van der Waals surface area contributed by atoms with Crippen LogP contribution in [0.3, 0.4) is 0 Å². The second kappa shape index (κ2) is 8.27. The zero-order chi connectivity index (χ0) is 14.3. The minimum Gasteiger partial charge on any atom is -0.466 e. The van der Waals surface area contributed by atoms with E-state index in [2.05, 4.69) is 23.6 Å². The van der Waals surface area contributed by atoms with Gasteiger partial charge in [0.25, 0.3) is 0 Å². The van der Waals surface area contributed by atoms with Gasteiger partial charge in [-0.2, -0.15) is 0 Å². The molecular formula is C14H26N2O3. The largest absolute Gasteiger partial charge is 0.466 e. The van der Waals surface area contributed by atoms with Crippen molar-refractivity contribution in [1.29, 1.82) is 0 Å². The van der Waals surface area contributed by atoms with Crippen molar-refractivity contribution in [3.8, 4) is 0 Å². The van der Waals surface area contributed by atoms with E-state index in [1.165, 1.54) is 0 Å². The third-order valence-corrected chi connectivity index (χ3v) is 3.45. The molecule has 0 radical (unpaired) electrons. The molecule has 1 aliphatic rings. The van der Waals surface area contributed by atoms with Gasteiger partial charge in [0.1, 0.15) is 5.78 Å². The van der Waals surface area contributed by atoms with E-state index in [0.717, 1.165) is 26.2 Å². The molecule has 19 heavy (non-hydrogen) atoms. The van der Waals surface area contributed by atoms with Crippen molar-refractivity contribution in [3.63, 3.8) is 0 Å². The van der Waals surface area contributed by atoms with Crippen LogP contribution in [0.4, 0.5) is 0 Å². The normalized spacial score (nSPS) is 17.7. The molecule has 0 amide bonds. The van der Waals surface area contributed by atoms with E-state index in [1.54, 1.807) is 6.92 Å². The predicted octanol–water partition coefficient (Wildman–Crippen LogP) is 0.925. The standard InChI is InChI=1S/C14H26N2O3/c1-4-19-14(18)6-5-13(17)11-15-7-9-16(10-8-15)12(2)3/h12H,4-11H2,1-3H3. The highest BCUT2D eigenvalue weighted by Gasteiger charge is 2.20. The van der Waals surface area contributed by atoms with Crippen LogP contribution in [-0.2, 0) is 14.3 Å². The highest BCUT2D eigenvalue weighted by molar-refractivity contribution is 5.84. The Labute approximate surface area is 115 Å². The van der Waals surface area contributed by atoms with Gasteiger partial charge in [0, 0.05) is 38.6 Å². The maximum atomic E-state index is 11.8. The molecular weight excluding hydrogens is 244 g/mol. The van der Waals surface area contributed by atoms with Crippen molar-refractivity contribution in [3.05, 3.63) is 0 Å². The van der Waals surface area contributed by atoms with Gasteiger partial charge in [-0.05, 0) is 20.8 Å². The molecule has 1 rings (SSSR count). The molecule has 5 nitrogen and oxygen atoms in total. The monoisotopic (exact) mass is 270 g/mol. The number of hydrogen-bond acceptors (Lipinski definition) is 5. The van der Waals surface area contributed by atoms with E-state index >= 15 is 0 Å². The van der Waals surface area contributed by atoms with E-state index in [1.807, 2.05) is 0 Å². The molecule has 110 valence electrons. The maximum Gasteiger partial charge on any atom is 0.306 e. The van der Waals surface area contributed by atoms with E-state index in [0.29, 0.717) is 25.6 Å². The number of hydrogen-bond donors (Lipinski definition) is 0. The molecule has 1 fully saturated rings. The first kappa shape index (κ1) is 16.1. The maximum absolute atomic E-state index is 11.8. The zero-order valence-electron chi connectivity index (χ0n) is 12.4. The number of carbonyl (C=O) groups excluding carboxylic acids is 2. The van der Waals surface area contributed by atoms with Gasteiger partial charge in [0.2, 0.25) is 0 Å². The predicted molar refractivity (Wildman–Crippen MR) is 74.0 cm³/mol. The van der Waals surface area contributed by atoms with E-state index in [9.17, 15) is 9.59 Å². The number of carbonyl (C=O) groups is 2. The topological polar surface area (TPSA) is 49.9 Å². The number of rotatable bonds is 7. The molecule has 0 aromatic carbocycles. The first-order valence-corrected chi connectivity index (χ1v) is 7.16. The van der Waals surface area contributed by atoms with Crippen molar-refractivity contribution in [1.82, 2.24) is 9.80 Å². The Morgan fingerprint density at radius 2 is 1.74 bits per heavy atom. The van der Waals surface area contributed by atoms with Crippen molar-refractivity contribution in [2.24, 2.45) is 0 Å². The Kier molecular flexibility index (Phi) is 7.02. The fourth-order valence-corrected chi connectivity index (χ4v) is 2.24. The smallest absolute Gasteiger partial charge is 0.306 e. The summed E-state index contributed by atoms with van der Waals surface area (Å²) >= 11 is 0. The fourth-order valence-electron chi connectivity index (χ4n) is 2.24. The summed E-state index contributed by atoms with van der Waals surface area (Å²) in [7, 11) is 0. The van der Waals surface area contributed by atoms with E-state index in [-0.39, 0.29) is 18.2 Å². The van der Waals surface area contributed by atoms with Gasteiger partial charge in [-0.1, -0.05) is 0 Å². The van der Waals surface area contributed by atoms with Crippen molar-refractivity contribution < 1.29 is 14.3 Å². The van der Waals surface area contributed by atoms with Gasteiger partial charge in [0.15, 0.2) is 0 Å². The van der Waals surface area contributed by atoms with Crippen LogP contribution in [0.25, 0.3) is 0 Å². The van der Waals surface area contributed by atoms with Crippen LogP contribution < -0.4 is 0 Å². The third kappa shape index (κ3) is 6.16. The summed E-state index contributed by atoms with van der Waals surface area (Å²) in [6.07, 6.45) is 0.502. The van der Waals surface area contributed by atoms with Crippen LogP contribution in [0.15, 0.2) is 0 Å². The summed E-state index contributed by atoms with van der Waals surface area (Å²) in [5.41, 5.74) is 0. The molecule has 0 unspecified atom stereocenters. The summed E-state index contributed by atoms with van der Waals surface area (Å²) in [6.45, 7) is 10.9. The number of Topliss-reactive ketones (excluding diaryl/α,β-unsaturated/α-hetero) is 1. The van der Waals surface area contributed by atoms with E-state index < -0.39 is 0 Å². The summed E-state index contributed by atoms with van der Waals surface area (Å²) < 4.78 is 4.81. The Hall–Kier alpha value is -0.940. The molecule has 0 aliphatic carbocycles. The Morgan fingerprint density at radius 3 is 2.26 bits per heavy atom. The van der Waals surface area contributed by atoms with Crippen molar-refractivity contribution >= 4 is 11.8 Å². The molecule has 1 heterocycles. The molecule has 0 aromatic heterocycles. The summed E-state index contributed by atoms with van der Waals surface area (Å²) in [4.78, 5) is 27.5. The molecule has 0 atom stereocenters. The van der Waals surface area contributed by atoms with Gasteiger partial charge < -0.3 is 4.74 Å². The summed E-state index contributed by atoms with van der Waals surface area (Å²) in [6, 6.07) is 0.571. The highest BCUT2D eigenvalue weighted by Crippen LogP contribution is 2.06. The molecule has 1 aliphatic heterocycles. The van der Waals surface area contributed by atoms with Gasteiger partial charge in [0.05, 0.1) is 19.6 Å². The lowest BCUT2D eigenvalue weighted by Crippen LogP contribution is -2.50. The molecule has 5 heteroatoms. The highest BCUT2D eigenvalue weighted by atomic mass is 16.5. The molecule has 0 bridgehead atoms. The quantitative estimate of drug-likeness (QED) is 0.644. The average molecular weight is 270 g/mol. The van der Waals surface area contributed by atoms with Crippen molar-refractivity contribution in [2.75, 3.05) is 39.3 Å². The number of piperazine rings is 1. The van der Waals surface area contributed by atoms with Crippen LogP contribution in [0, 0.1) is 0 Å². The van der Waals surface area contributed by atoms with Gasteiger partial charge in [-0.3, -0.25) is 19.4 Å². The third-order valence-electron chi connectivity index (χ3n) is 3.45. The number of nitrogens with zero attached hydrogens (tertiary/aromatic N) is 2. The van der Waals surface area contributed by atoms with Gasteiger partial charge in [-0.25, -0.2) is 0 Å². The second-order valence-electron chi connectivity index (χ2n) is 5.25. The molecule has 0 saturated carbocycles. The van der Waals surface area contributed by atoms with Crippen LogP contribution in [0.2, 0.25) is 0 Å². The molecule has 1 saturated heterocycles. The van der Waals surface area contributed by atoms with Crippen LogP contribution >= 0.6 is 0 Å². The lowest BCUT2D eigenvalue weighted by Gasteiger charge is -2.36. The second-order valence-corrected chi connectivity index (χ2v) is 5.25. The summed E-state index contributed by atoms with van der Waals surface area (Å²) in [5.74, 6) is -0.147. The lowest BCUT2D eigenvalue weighted by molar-refractivity contribution is -0.144. The van der Waals surface area contributed by atoms with Crippen LogP contribution in [0.1, 0.15) is 33.6 Å². The van der Waals surface area contributed by atoms with E-state index in [4.69, 9.17) is 4.74 Å². The number of ketones is 1. The Morgan fingerprint density at radius 1 is 1.11 bits per heavy atom. The van der Waals surface area contributed by atoms with Crippen LogP contribution in [-0.4, -0.2) is 66.9 Å². The SMILES string of the molecule is CCOC(=O)CCC(=O)CN1CCN(C(C)C)CC1. The summed E-state index contributed by atoms with van der Waals surface area (Å²) in [5, 5.41) is 0. The Balaban J connectivity index is 2.18. The number of ether oxygens (including phenoxy) is 1.